The summed E-state index contributed by atoms with van der Waals surface area (Å²) in [6.07, 6.45) is 1.54. The maximum atomic E-state index is 13.3. The van der Waals surface area contributed by atoms with Gasteiger partial charge in [-0.2, -0.15) is 0 Å². The van der Waals surface area contributed by atoms with Gasteiger partial charge in [0.25, 0.3) is 5.56 Å². The molecule has 4 rings (SSSR count). The lowest BCUT2D eigenvalue weighted by Gasteiger charge is -2.21. The average molecular weight is 372 g/mol. The second kappa shape index (κ2) is 7.48. The molecule has 0 bridgehead atoms. The first kappa shape index (κ1) is 17.7. The molecular formula is C23H17FN2O2. The Morgan fingerprint density at radius 3 is 1.82 bits per heavy atom. The number of hydrogen-bond donors (Lipinski definition) is 1. The number of hydrogen-bond acceptors (Lipinski definition) is 2. The second-order valence-electron chi connectivity index (χ2n) is 6.44. The molecule has 138 valence electrons. The molecule has 4 nitrogen and oxygen atoms in total. The summed E-state index contributed by atoms with van der Waals surface area (Å²) in [5, 5.41) is 0. The van der Waals surface area contributed by atoms with Gasteiger partial charge in [-0.05, 0) is 28.8 Å². The van der Waals surface area contributed by atoms with Crippen LogP contribution in [0.5, 0.6) is 0 Å². The normalized spacial score (nSPS) is 10.9. The Morgan fingerprint density at radius 2 is 1.29 bits per heavy atom. The van der Waals surface area contributed by atoms with E-state index in [9.17, 15) is 14.0 Å². The zero-order valence-corrected chi connectivity index (χ0v) is 14.9. The minimum Gasteiger partial charge on any atom is -0.288 e. The Balaban J connectivity index is 1.94. The van der Waals surface area contributed by atoms with Crippen molar-refractivity contribution < 1.29 is 4.39 Å². The summed E-state index contributed by atoms with van der Waals surface area (Å²) in [6, 6.07) is 24.4. The molecule has 0 amide bonds. The topological polar surface area (TPSA) is 54.9 Å². The second-order valence-corrected chi connectivity index (χ2v) is 6.44. The van der Waals surface area contributed by atoms with E-state index < -0.39 is 17.3 Å². The van der Waals surface area contributed by atoms with Crippen molar-refractivity contribution in [2.24, 2.45) is 0 Å². The Kier molecular flexibility index (Phi) is 4.72. The number of aromatic nitrogens is 2. The first-order chi connectivity index (χ1) is 13.6. The zero-order valence-electron chi connectivity index (χ0n) is 14.9. The van der Waals surface area contributed by atoms with E-state index in [-0.39, 0.29) is 5.82 Å². The van der Waals surface area contributed by atoms with Gasteiger partial charge < -0.3 is 0 Å². The zero-order chi connectivity index (χ0) is 19.5. The van der Waals surface area contributed by atoms with E-state index in [2.05, 4.69) is 4.98 Å². The molecule has 1 aromatic heterocycles. The first-order valence-electron chi connectivity index (χ1n) is 8.85. The standard InChI is InChI=1S/C23H17FN2O2/c24-19-13-11-16(12-14-19)20-15-26(23(28)25-22(20)27)21(17-7-3-1-4-8-17)18-9-5-2-6-10-18/h1-15,21H,(H,25,27,28). The molecule has 0 aliphatic heterocycles. The highest BCUT2D eigenvalue weighted by Crippen LogP contribution is 2.26. The van der Waals surface area contributed by atoms with Crippen molar-refractivity contribution in [3.8, 4) is 11.1 Å². The lowest BCUT2D eigenvalue weighted by molar-refractivity contribution is 0.626. The number of nitrogens with zero attached hydrogens (tertiary/aromatic N) is 1. The van der Waals surface area contributed by atoms with Crippen molar-refractivity contribution in [3.63, 3.8) is 0 Å². The van der Waals surface area contributed by atoms with Gasteiger partial charge in [-0.1, -0.05) is 72.8 Å². The molecular weight excluding hydrogens is 355 g/mol. The Morgan fingerprint density at radius 1 is 0.750 bits per heavy atom. The molecule has 4 aromatic rings. The lowest BCUT2D eigenvalue weighted by Crippen LogP contribution is -2.33. The predicted octanol–water partition coefficient (Wildman–Crippen LogP) is 3.98. The molecule has 1 heterocycles. The van der Waals surface area contributed by atoms with Crippen LogP contribution < -0.4 is 11.2 Å². The van der Waals surface area contributed by atoms with E-state index in [4.69, 9.17) is 0 Å². The fraction of sp³-hybridized carbons (Fsp3) is 0.0435. The summed E-state index contributed by atoms with van der Waals surface area (Å²) in [4.78, 5) is 27.5. The third-order valence-electron chi connectivity index (χ3n) is 4.63. The van der Waals surface area contributed by atoms with E-state index in [0.717, 1.165) is 11.1 Å². The third kappa shape index (κ3) is 3.42. The Bertz CT molecular complexity index is 1160. The SMILES string of the molecule is O=c1[nH]c(=O)n(C(c2ccccc2)c2ccccc2)cc1-c1ccc(F)cc1. The number of halogens is 1. The summed E-state index contributed by atoms with van der Waals surface area (Å²) >= 11 is 0. The molecule has 0 saturated carbocycles. The minimum absolute atomic E-state index is 0.302. The Labute approximate surface area is 160 Å². The van der Waals surface area contributed by atoms with Gasteiger partial charge in [0.05, 0.1) is 11.6 Å². The van der Waals surface area contributed by atoms with Crippen molar-refractivity contribution in [2.75, 3.05) is 0 Å². The van der Waals surface area contributed by atoms with E-state index in [0.29, 0.717) is 11.1 Å². The van der Waals surface area contributed by atoms with E-state index in [1.807, 2.05) is 60.7 Å². The molecule has 5 heteroatoms. The van der Waals surface area contributed by atoms with Crippen LogP contribution in [0, 0.1) is 5.82 Å². The van der Waals surface area contributed by atoms with Crippen LogP contribution in [0.4, 0.5) is 4.39 Å². The number of nitrogens with one attached hydrogen (secondary N) is 1. The van der Waals surface area contributed by atoms with Crippen LogP contribution in [0.2, 0.25) is 0 Å². The van der Waals surface area contributed by atoms with Crippen LogP contribution in [0.15, 0.2) is 101 Å². The quantitative estimate of drug-likeness (QED) is 0.589. The van der Waals surface area contributed by atoms with Crippen LogP contribution in [0.25, 0.3) is 11.1 Å². The molecule has 3 aromatic carbocycles. The molecule has 28 heavy (non-hydrogen) atoms. The molecule has 0 saturated heterocycles. The summed E-state index contributed by atoms with van der Waals surface area (Å²) in [6.45, 7) is 0. The molecule has 0 aliphatic rings. The van der Waals surface area contributed by atoms with Crippen LogP contribution >= 0.6 is 0 Å². The number of rotatable bonds is 4. The lowest BCUT2D eigenvalue weighted by atomic mass is 9.98. The highest BCUT2D eigenvalue weighted by atomic mass is 19.1. The summed E-state index contributed by atoms with van der Waals surface area (Å²) in [5.41, 5.74) is 1.65. The van der Waals surface area contributed by atoms with Gasteiger partial charge in [-0.25, -0.2) is 9.18 Å². The number of H-pyrrole nitrogens is 1. The van der Waals surface area contributed by atoms with Crippen LogP contribution in [0.3, 0.4) is 0 Å². The smallest absolute Gasteiger partial charge is 0.288 e. The van der Waals surface area contributed by atoms with Crippen LogP contribution in [-0.2, 0) is 0 Å². The van der Waals surface area contributed by atoms with Gasteiger partial charge in [-0.15, -0.1) is 0 Å². The van der Waals surface area contributed by atoms with Crippen molar-refractivity contribution >= 4 is 0 Å². The van der Waals surface area contributed by atoms with Gasteiger partial charge in [0.15, 0.2) is 0 Å². The Hall–Kier alpha value is -3.73. The third-order valence-corrected chi connectivity index (χ3v) is 4.63. The molecule has 0 fully saturated rings. The molecule has 0 radical (unpaired) electrons. The van der Waals surface area contributed by atoms with Crippen molar-refractivity contribution in [1.29, 1.82) is 0 Å². The highest BCUT2D eigenvalue weighted by molar-refractivity contribution is 5.61. The van der Waals surface area contributed by atoms with Gasteiger partial charge in [0.1, 0.15) is 5.82 Å². The van der Waals surface area contributed by atoms with Crippen LogP contribution in [-0.4, -0.2) is 9.55 Å². The van der Waals surface area contributed by atoms with Gasteiger partial charge >= 0.3 is 5.69 Å². The minimum atomic E-state index is -0.507. The molecule has 0 spiro atoms. The fourth-order valence-electron chi connectivity index (χ4n) is 3.30. The van der Waals surface area contributed by atoms with E-state index >= 15 is 0 Å². The highest BCUT2D eigenvalue weighted by Gasteiger charge is 2.19. The van der Waals surface area contributed by atoms with Gasteiger partial charge in [0.2, 0.25) is 0 Å². The predicted molar refractivity (Wildman–Crippen MR) is 107 cm³/mol. The molecule has 0 aliphatic carbocycles. The maximum Gasteiger partial charge on any atom is 0.329 e. The van der Waals surface area contributed by atoms with E-state index in [1.165, 1.54) is 28.8 Å². The molecule has 0 atom stereocenters. The summed E-state index contributed by atoms with van der Waals surface area (Å²) < 4.78 is 14.8. The summed E-state index contributed by atoms with van der Waals surface area (Å²) in [5.74, 6) is -0.389. The number of benzene rings is 3. The largest absolute Gasteiger partial charge is 0.329 e. The average Bonchev–Trinajstić information content (AvgIpc) is 2.72. The monoisotopic (exact) mass is 372 g/mol. The molecule has 0 unspecified atom stereocenters. The summed E-state index contributed by atoms with van der Waals surface area (Å²) in [7, 11) is 0. The van der Waals surface area contributed by atoms with Gasteiger partial charge in [0, 0.05) is 6.20 Å². The van der Waals surface area contributed by atoms with Gasteiger partial charge in [-0.3, -0.25) is 14.3 Å². The van der Waals surface area contributed by atoms with E-state index in [1.54, 1.807) is 6.20 Å². The van der Waals surface area contributed by atoms with Crippen molar-refractivity contribution in [2.45, 2.75) is 6.04 Å². The first-order valence-corrected chi connectivity index (χ1v) is 8.85. The van der Waals surface area contributed by atoms with Crippen LogP contribution in [0.1, 0.15) is 17.2 Å². The van der Waals surface area contributed by atoms with Crippen molar-refractivity contribution in [1.82, 2.24) is 9.55 Å². The number of aromatic amines is 1. The van der Waals surface area contributed by atoms with Crippen molar-refractivity contribution in [3.05, 3.63) is 129 Å². The fourth-order valence-corrected chi connectivity index (χ4v) is 3.30. The molecule has 1 N–H and O–H groups in total. The maximum absolute atomic E-state index is 13.3.